The van der Waals surface area contributed by atoms with E-state index >= 15 is 0 Å². The van der Waals surface area contributed by atoms with Crippen molar-refractivity contribution in [3.63, 3.8) is 0 Å². The van der Waals surface area contributed by atoms with Gasteiger partial charge in [0, 0.05) is 22.3 Å². The third-order valence-electron chi connectivity index (χ3n) is 2.13. The van der Waals surface area contributed by atoms with E-state index in [1.165, 1.54) is 0 Å². The van der Waals surface area contributed by atoms with Gasteiger partial charge in [0.25, 0.3) is 0 Å². The molecule has 0 saturated heterocycles. The van der Waals surface area contributed by atoms with Crippen molar-refractivity contribution in [1.29, 1.82) is 0 Å². The summed E-state index contributed by atoms with van der Waals surface area (Å²) in [5, 5.41) is 1.24. The van der Waals surface area contributed by atoms with E-state index in [1.807, 2.05) is 12.1 Å². The molecule has 0 radical (unpaired) electrons. The summed E-state index contributed by atoms with van der Waals surface area (Å²) in [6, 6.07) is 8.91. The maximum atomic E-state index is 6.07. The molecule has 1 aromatic carbocycles. The fourth-order valence-electron chi connectivity index (χ4n) is 1.33. The van der Waals surface area contributed by atoms with Gasteiger partial charge in [0.15, 0.2) is 0 Å². The molecule has 1 aromatic heterocycles. The molecular weight excluding hydrogens is 241 g/mol. The first kappa shape index (κ1) is 11.0. The molecule has 0 aliphatic rings. The minimum Gasteiger partial charge on any atom is -0.255 e. The van der Waals surface area contributed by atoms with Gasteiger partial charge in [0.2, 0.25) is 0 Å². The first-order chi connectivity index (χ1) is 7.70. The molecule has 0 N–H and O–H groups in total. The van der Waals surface area contributed by atoms with Crippen molar-refractivity contribution in [3.8, 4) is 23.6 Å². The minimum absolute atomic E-state index is 0.616. The Hall–Kier alpha value is -1.49. The normalized spacial score (nSPS) is 9.81. The Kier molecular flexibility index (Phi) is 3.14. The lowest BCUT2D eigenvalue weighted by Crippen LogP contribution is -1.85. The Morgan fingerprint density at radius 3 is 2.56 bits per heavy atom. The van der Waals surface area contributed by atoms with E-state index in [0.717, 1.165) is 16.8 Å². The van der Waals surface area contributed by atoms with Crippen LogP contribution in [0.2, 0.25) is 10.0 Å². The average molecular weight is 248 g/mol. The molecule has 2 rings (SSSR count). The molecule has 0 saturated carbocycles. The van der Waals surface area contributed by atoms with Gasteiger partial charge in [-0.1, -0.05) is 29.1 Å². The van der Waals surface area contributed by atoms with E-state index < -0.39 is 0 Å². The summed E-state index contributed by atoms with van der Waals surface area (Å²) in [7, 11) is 0. The molecule has 1 nitrogen and oxygen atoms in total. The van der Waals surface area contributed by atoms with Crippen molar-refractivity contribution >= 4 is 23.2 Å². The zero-order valence-corrected chi connectivity index (χ0v) is 9.76. The van der Waals surface area contributed by atoms with E-state index in [-0.39, 0.29) is 0 Å². The molecular formula is C13H7Cl2N. The third-order valence-corrected chi connectivity index (χ3v) is 2.70. The standard InChI is InChI=1S/C13H7Cl2N/c1-2-9-3-6-13(16-8-9)11-7-10(14)4-5-12(11)15/h1,3-8H. The largest absolute Gasteiger partial charge is 0.255 e. The maximum Gasteiger partial charge on any atom is 0.0718 e. The van der Waals surface area contributed by atoms with Gasteiger partial charge in [-0.2, -0.15) is 0 Å². The van der Waals surface area contributed by atoms with Crippen LogP contribution < -0.4 is 0 Å². The molecule has 78 valence electrons. The molecule has 3 heteroatoms. The highest BCUT2D eigenvalue weighted by Crippen LogP contribution is 2.29. The number of rotatable bonds is 1. The lowest BCUT2D eigenvalue weighted by molar-refractivity contribution is 1.31. The fourth-order valence-corrected chi connectivity index (χ4v) is 1.72. The zero-order valence-electron chi connectivity index (χ0n) is 8.24. The predicted molar refractivity (Wildman–Crippen MR) is 67.6 cm³/mol. The summed E-state index contributed by atoms with van der Waals surface area (Å²) < 4.78 is 0. The van der Waals surface area contributed by atoms with Crippen LogP contribution in [0, 0.1) is 12.3 Å². The molecule has 0 bridgehead atoms. The van der Waals surface area contributed by atoms with Crippen LogP contribution in [0.5, 0.6) is 0 Å². The van der Waals surface area contributed by atoms with Gasteiger partial charge in [-0.15, -0.1) is 6.42 Å². The van der Waals surface area contributed by atoms with Gasteiger partial charge in [0.1, 0.15) is 0 Å². The molecule has 2 aromatic rings. The number of halogens is 2. The lowest BCUT2D eigenvalue weighted by Gasteiger charge is -2.04. The predicted octanol–water partition coefficient (Wildman–Crippen LogP) is 4.04. The van der Waals surface area contributed by atoms with Gasteiger partial charge >= 0.3 is 0 Å². The lowest BCUT2D eigenvalue weighted by atomic mass is 10.1. The highest BCUT2D eigenvalue weighted by molar-refractivity contribution is 6.35. The second kappa shape index (κ2) is 4.57. The minimum atomic E-state index is 0.616. The molecule has 0 atom stereocenters. The maximum absolute atomic E-state index is 6.07. The Labute approximate surface area is 104 Å². The zero-order chi connectivity index (χ0) is 11.5. The number of hydrogen-bond donors (Lipinski definition) is 0. The summed E-state index contributed by atoms with van der Waals surface area (Å²) in [6.45, 7) is 0. The molecule has 0 aliphatic carbocycles. The number of aromatic nitrogens is 1. The van der Waals surface area contributed by atoms with Crippen LogP contribution in [-0.4, -0.2) is 4.98 Å². The van der Waals surface area contributed by atoms with Crippen LogP contribution in [-0.2, 0) is 0 Å². The molecule has 0 amide bonds. The van der Waals surface area contributed by atoms with Crippen molar-refractivity contribution < 1.29 is 0 Å². The molecule has 0 aliphatic heterocycles. The number of nitrogens with zero attached hydrogens (tertiary/aromatic N) is 1. The van der Waals surface area contributed by atoms with Crippen LogP contribution in [0.1, 0.15) is 5.56 Å². The van der Waals surface area contributed by atoms with E-state index in [0.29, 0.717) is 10.0 Å². The van der Waals surface area contributed by atoms with Gasteiger partial charge < -0.3 is 0 Å². The highest BCUT2D eigenvalue weighted by atomic mass is 35.5. The first-order valence-electron chi connectivity index (χ1n) is 4.59. The number of benzene rings is 1. The summed E-state index contributed by atoms with van der Waals surface area (Å²) in [4.78, 5) is 4.24. The van der Waals surface area contributed by atoms with Crippen molar-refractivity contribution in [3.05, 3.63) is 52.1 Å². The fraction of sp³-hybridized carbons (Fsp3) is 0. The molecule has 0 spiro atoms. The first-order valence-corrected chi connectivity index (χ1v) is 5.34. The topological polar surface area (TPSA) is 12.9 Å². The summed E-state index contributed by atoms with van der Waals surface area (Å²) in [5.41, 5.74) is 2.30. The quantitative estimate of drug-likeness (QED) is 0.694. The van der Waals surface area contributed by atoms with Gasteiger partial charge in [-0.3, -0.25) is 4.98 Å². The molecule has 16 heavy (non-hydrogen) atoms. The monoisotopic (exact) mass is 247 g/mol. The number of terminal acetylenes is 1. The van der Waals surface area contributed by atoms with Crippen molar-refractivity contribution in [2.24, 2.45) is 0 Å². The van der Waals surface area contributed by atoms with Gasteiger partial charge in [0.05, 0.1) is 10.7 Å². The van der Waals surface area contributed by atoms with Crippen LogP contribution in [0.15, 0.2) is 36.5 Å². The van der Waals surface area contributed by atoms with E-state index in [4.69, 9.17) is 29.6 Å². The Balaban J connectivity index is 2.50. The van der Waals surface area contributed by atoms with Crippen LogP contribution in [0.3, 0.4) is 0 Å². The summed E-state index contributed by atoms with van der Waals surface area (Å²) in [5.74, 6) is 2.51. The Morgan fingerprint density at radius 1 is 1.12 bits per heavy atom. The van der Waals surface area contributed by atoms with E-state index in [9.17, 15) is 0 Å². The second-order valence-electron chi connectivity index (χ2n) is 3.20. The summed E-state index contributed by atoms with van der Waals surface area (Å²) >= 11 is 12.0. The number of hydrogen-bond acceptors (Lipinski definition) is 1. The Bertz CT molecular complexity index is 553. The average Bonchev–Trinajstić information content (AvgIpc) is 2.32. The van der Waals surface area contributed by atoms with E-state index in [1.54, 1.807) is 24.4 Å². The van der Waals surface area contributed by atoms with E-state index in [2.05, 4.69) is 10.9 Å². The second-order valence-corrected chi connectivity index (χ2v) is 4.04. The van der Waals surface area contributed by atoms with Crippen molar-refractivity contribution in [2.75, 3.05) is 0 Å². The van der Waals surface area contributed by atoms with Crippen molar-refractivity contribution in [2.45, 2.75) is 0 Å². The van der Waals surface area contributed by atoms with Gasteiger partial charge in [-0.25, -0.2) is 0 Å². The van der Waals surface area contributed by atoms with Crippen molar-refractivity contribution in [1.82, 2.24) is 4.98 Å². The summed E-state index contributed by atoms with van der Waals surface area (Å²) in [6.07, 6.45) is 6.89. The van der Waals surface area contributed by atoms with Gasteiger partial charge in [-0.05, 0) is 30.3 Å². The SMILES string of the molecule is C#Cc1ccc(-c2cc(Cl)ccc2Cl)nc1. The van der Waals surface area contributed by atoms with Crippen LogP contribution >= 0.6 is 23.2 Å². The van der Waals surface area contributed by atoms with Crippen LogP contribution in [0.25, 0.3) is 11.3 Å². The molecule has 1 heterocycles. The van der Waals surface area contributed by atoms with Crippen LogP contribution in [0.4, 0.5) is 0 Å². The highest BCUT2D eigenvalue weighted by Gasteiger charge is 2.05. The third kappa shape index (κ3) is 2.19. The molecule has 0 unspecified atom stereocenters. The Morgan fingerprint density at radius 2 is 1.94 bits per heavy atom. The number of pyridine rings is 1. The smallest absolute Gasteiger partial charge is 0.0718 e. The molecule has 0 fully saturated rings.